The molecule has 0 atom stereocenters. The van der Waals surface area contributed by atoms with Crippen molar-refractivity contribution in [3.63, 3.8) is 0 Å². The highest BCUT2D eigenvalue weighted by Crippen LogP contribution is 2.46. The van der Waals surface area contributed by atoms with Gasteiger partial charge in [-0.15, -0.1) is 0 Å². The van der Waals surface area contributed by atoms with Crippen molar-refractivity contribution in [1.29, 1.82) is 0 Å². The summed E-state index contributed by atoms with van der Waals surface area (Å²) < 4.78 is 0. The van der Waals surface area contributed by atoms with Crippen LogP contribution in [-0.2, 0) is 0 Å². The zero-order valence-corrected chi connectivity index (χ0v) is 36.2. The number of benzene rings is 13. The van der Waals surface area contributed by atoms with Crippen molar-refractivity contribution in [2.75, 3.05) is 0 Å². The van der Waals surface area contributed by atoms with Gasteiger partial charge in [-0.3, -0.25) is 0 Å². The Hall–Kier alpha value is -8.58. The molecule has 0 nitrogen and oxygen atoms in total. The molecule has 0 spiro atoms. The Morgan fingerprint density at radius 3 is 0.803 bits per heavy atom. The highest BCUT2D eigenvalue weighted by atomic mass is 14.2. The van der Waals surface area contributed by atoms with Crippen molar-refractivity contribution in [3.05, 3.63) is 255 Å². The highest BCUT2D eigenvalue weighted by Gasteiger charge is 2.19. The van der Waals surface area contributed by atoms with E-state index < -0.39 is 0 Å². The van der Waals surface area contributed by atoms with Crippen molar-refractivity contribution >= 4 is 64.6 Å². The SMILES string of the molecule is c1ccc(-c2c3ccccc3c(-c3ccc4cc(-c5ccc(-c6ccc(-c7c8ccccc8c(-c8ccc9ccccc9c8)c8ccccc78)cc6)cc5)ccc4c3)c3ccccc23)cc1. The van der Waals surface area contributed by atoms with Crippen LogP contribution in [0, 0.1) is 0 Å². The molecule has 0 aromatic heterocycles. The van der Waals surface area contributed by atoms with Gasteiger partial charge in [0.2, 0.25) is 0 Å². The molecule has 0 aliphatic rings. The van der Waals surface area contributed by atoms with Crippen LogP contribution in [0.2, 0.25) is 0 Å². The van der Waals surface area contributed by atoms with Crippen molar-refractivity contribution in [2.24, 2.45) is 0 Å². The maximum Gasteiger partial charge on any atom is -0.00262 e. The molecule has 0 aliphatic carbocycles. The third-order valence-corrected chi connectivity index (χ3v) is 13.8. The van der Waals surface area contributed by atoms with E-state index in [0.29, 0.717) is 0 Å². The summed E-state index contributed by atoms with van der Waals surface area (Å²) in [6, 6.07) is 93.9. The highest BCUT2D eigenvalue weighted by molar-refractivity contribution is 6.23. The van der Waals surface area contributed by atoms with E-state index in [1.807, 2.05) is 0 Å². The minimum Gasteiger partial charge on any atom is -0.0622 e. The van der Waals surface area contributed by atoms with Crippen LogP contribution in [0.3, 0.4) is 0 Å². The quantitative estimate of drug-likeness (QED) is 0.146. The van der Waals surface area contributed by atoms with Gasteiger partial charge in [-0.1, -0.05) is 237 Å². The molecule has 0 heterocycles. The van der Waals surface area contributed by atoms with Gasteiger partial charge < -0.3 is 0 Å². The zero-order chi connectivity index (χ0) is 43.6. The van der Waals surface area contributed by atoms with Crippen LogP contribution < -0.4 is 0 Å². The van der Waals surface area contributed by atoms with E-state index in [-0.39, 0.29) is 0 Å². The third kappa shape index (κ3) is 6.30. The molecule has 13 aromatic carbocycles. The Labute approximate surface area is 384 Å². The summed E-state index contributed by atoms with van der Waals surface area (Å²) in [7, 11) is 0. The van der Waals surface area contributed by atoms with Crippen LogP contribution >= 0.6 is 0 Å². The molecule has 0 saturated carbocycles. The number of rotatable bonds is 6. The predicted octanol–water partition coefficient (Wildman–Crippen LogP) is 18.6. The second-order valence-corrected chi connectivity index (χ2v) is 17.5. The number of fused-ring (bicyclic) bond motifs is 6. The van der Waals surface area contributed by atoms with Gasteiger partial charge in [0.1, 0.15) is 0 Å². The first-order valence-electron chi connectivity index (χ1n) is 22.9. The lowest BCUT2D eigenvalue weighted by molar-refractivity contribution is 1.59. The van der Waals surface area contributed by atoms with Gasteiger partial charge in [0.15, 0.2) is 0 Å². The maximum absolute atomic E-state index is 2.37. The van der Waals surface area contributed by atoms with Crippen LogP contribution in [0.4, 0.5) is 0 Å². The van der Waals surface area contributed by atoms with Crippen LogP contribution in [-0.4, -0.2) is 0 Å². The molecule has 13 aromatic rings. The van der Waals surface area contributed by atoms with Gasteiger partial charge in [-0.2, -0.15) is 0 Å². The van der Waals surface area contributed by atoms with Gasteiger partial charge in [0.05, 0.1) is 0 Å². The number of hydrogen-bond donors (Lipinski definition) is 0. The molecule has 0 N–H and O–H groups in total. The Bertz CT molecular complexity index is 3890. The molecule has 0 radical (unpaired) electrons. The van der Waals surface area contributed by atoms with Crippen LogP contribution in [0.15, 0.2) is 255 Å². The van der Waals surface area contributed by atoms with Gasteiger partial charge in [-0.05, 0) is 150 Å². The molecule has 13 rings (SSSR count). The zero-order valence-electron chi connectivity index (χ0n) is 36.2. The van der Waals surface area contributed by atoms with E-state index in [4.69, 9.17) is 0 Å². The summed E-state index contributed by atoms with van der Waals surface area (Å²) >= 11 is 0. The first kappa shape index (κ1) is 37.9. The molecular weight excluding hydrogens is 793 g/mol. The fraction of sp³-hybridized carbons (Fsp3) is 0. The first-order chi connectivity index (χ1) is 32.7. The summed E-state index contributed by atoms with van der Waals surface area (Å²) in [5.74, 6) is 0. The number of hydrogen-bond acceptors (Lipinski definition) is 0. The topological polar surface area (TPSA) is 0 Å². The standard InChI is InChI=1S/C66H42/c1-2-15-47(16-3-1)63-55-18-6-10-22-59(55)66(60-23-11-7-19-56(60)63)54-39-37-51-40-50(35-36-52(51)42-54)46-28-26-44(27-29-46)45-30-33-48(34-31-45)64-57-20-8-12-24-61(57)65(62-25-13-9-21-58(62)64)53-38-32-43-14-4-5-17-49(43)41-53/h1-42H. The van der Waals surface area contributed by atoms with Crippen LogP contribution in [0.5, 0.6) is 0 Å². The summed E-state index contributed by atoms with van der Waals surface area (Å²) in [6.07, 6.45) is 0. The van der Waals surface area contributed by atoms with E-state index in [9.17, 15) is 0 Å². The summed E-state index contributed by atoms with van der Waals surface area (Å²) in [6.45, 7) is 0. The average molecular weight is 835 g/mol. The fourth-order valence-corrected chi connectivity index (χ4v) is 10.7. The maximum atomic E-state index is 2.37. The van der Waals surface area contributed by atoms with Crippen molar-refractivity contribution in [1.82, 2.24) is 0 Å². The summed E-state index contributed by atoms with van der Waals surface area (Å²) in [5, 5.41) is 15.1. The first-order valence-corrected chi connectivity index (χ1v) is 22.9. The fourth-order valence-electron chi connectivity index (χ4n) is 10.7. The summed E-state index contributed by atoms with van der Waals surface area (Å²) in [4.78, 5) is 0. The molecule has 0 saturated heterocycles. The largest absolute Gasteiger partial charge is 0.0622 e. The van der Waals surface area contributed by atoms with E-state index in [1.165, 1.54) is 131 Å². The van der Waals surface area contributed by atoms with Crippen molar-refractivity contribution in [2.45, 2.75) is 0 Å². The normalized spacial score (nSPS) is 11.6. The minimum atomic E-state index is 1.20. The van der Waals surface area contributed by atoms with Crippen LogP contribution in [0.1, 0.15) is 0 Å². The lowest BCUT2D eigenvalue weighted by atomic mass is 9.85. The lowest BCUT2D eigenvalue weighted by Crippen LogP contribution is -1.91. The Kier molecular flexibility index (Phi) is 8.96. The molecule has 66 heavy (non-hydrogen) atoms. The summed E-state index contributed by atoms with van der Waals surface area (Å²) in [5.41, 5.74) is 14.9. The second-order valence-electron chi connectivity index (χ2n) is 17.5. The predicted molar refractivity (Wildman–Crippen MR) is 284 cm³/mol. The smallest absolute Gasteiger partial charge is 0.00262 e. The second kappa shape index (κ2) is 15.6. The molecule has 0 heteroatoms. The van der Waals surface area contributed by atoms with Crippen LogP contribution in [0.25, 0.3) is 131 Å². The minimum absolute atomic E-state index is 1.20. The molecule has 0 amide bonds. The van der Waals surface area contributed by atoms with E-state index in [2.05, 4.69) is 255 Å². The average Bonchev–Trinajstić information content (AvgIpc) is 3.39. The Morgan fingerprint density at radius 1 is 0.136 bits per heavy atom. The van der Waals surface area contributed by atoms with E-state index in [0.717, 1.165) is 0 Å². The Balaban J connectivity index is 0.823. The molecule has 0 aliphatic heterocycles. The monoisotopic (exact) mass is 834 g/mol. The molecule has 0 unspecified atom stereocenters. The van der Waals surface area contributed by atoms with Crippen molar-refractivity contribution < 1.29 is 0 Å². The molecule has 306 valence electrons. The lowest BCUT2D eigenvalue weighted by Gasteiger charge is -2.18. The van der Waals surface area contributed by atoms with Gasteiger partial charge in [-0.25, -0.2) is 0 Å². The Morgan fingerprint density at radius 2 is 0.379 bits per heavy atom. The van der Waals surface area contributed by atoms with Crippen molar-refractivity contribution in [3.8, 4) is 66.8 Å². The molecular formula is C66H42. The third-order valence-electron chi connectivity index (χ3n) is 13.8. The van der Waals surface area contributed by atoms with E-state index in [1.54, 1.807) is 0 Å². The van der Waals surface area contributed by atoms with Gasteiger partial charge in [0, 0.05) is 0 Å². The van der Waals surface area contributed by atoms with Gasteiger partial charge in [0.25, 0.3) is 0 Å². The van der Waals surface area contributed by atoms with Gasteiger partial charge >= 0.3 is 0 Å². The van der Waals surface area contributed by atoms with E-state index >= 15 is 0 Å². The molecule has 0 bridgehead atoms. The molecule has 0 fully saturated rings.